The molecule has 1 rings (SSSR count). The first-order valence-corrected chi connectivity index (χ1v) is 7.59. The Kier molecular flexibility index (Phi) is 5.64. The normalized spacial score (nSPS) is 13.4. The van der Waals surface area contributed by atoms with Gasteiger partial charge < -0.3 is 5.73 Å². The highest BCUT2D eigenvalue weighted by molar-refractivity contribution is 7.98. The van der Waals surface area contributed by atoms with Gasteiger partial charge in [-0.25, -0.2) is 4.98 Å². The summed E-state index contributed by atoms with van der Waals surface area (Å²) in [6.45, 7) is 4.43. The SMILES string of the molecule is CSCCC(N)c1csc(CC(C)C)n1. The summed E-state index contributed by atoms with van der Waals surface area (Å²) < 4.78 is 0. The van der Waals surface area contributed by atoms with E-state index in [4.69, 9.17) is 5.73 Å². The van der Waals surface area contributed by atoms with Crippen LogP contribution in [0.1, 0.15) is 37.0 Å². The molecule has 0 spiro atoms. The summed E-state index contributed by atoms with van der Waals surface area (Å²) in [5, 5.41) is 3.34. The van der Waals surface area contributed by atoms with Gasteiger partial charge in [0.25, 0.3) is 0 Å². The van der Waals surface area contributed by atoms with E-state index >= 15 is 0 Å². The Morgan fingerprint density at radius 3 is 2.87 bits per heavy atom. The van der Waals surface area contributed by atoms with Crippen LogP contribution in [0.15, 0.2) is 5.38 Å². The number of rotatable bonds is 6. The molecule has 0 amide bonds. The number of thiazole rings is 1. The molecule has 1 aromatic rings. The number of thioether (sulfide) groups is 1. The zero-order valence-electron chi connectivity index (χ0n) is 9.69. The van der Waals surface area contributed by atoms with Crippen molar-refractivity contribution < 1.29 is 0 Å². The summed E-state index contributed by atoms with van der Waals surface area (Å²) in [5.41, 5.74) is 7.13. The van der Waals surface area contributed by atoms with Gasteiger partial charge in [-0.2, -0.15) is 11.8 Å². The highest BCUT2D eigenvalue weighted by Crippen LogP contribution is 2.20. The lowest BCUT2D eigenvalue weighted by atomic mass is 10.1. The number of hydrogen-bond acceptors (Lipinski definition) is 4. The van der Waals surface area contributed by atoms with Gasteiger partial charge in [-0.05, 0) is 24.3 Å². The average Bonchev–Trinajstić information content (AvgIpc) is 2.61. The lowest BCUT2D eigenvalue weighted by Gasteiger charge is -2.06. The molecule has 0 aliphatic carbocycles. The lowest BCUT2D eigenvalue weighted by Crippen LogP contribution is -2.11. The van der Waals surface area contributed by atoms with Crippen molar-refractivity contribution in [3.8, 4) is 0 Å². The molecule has 0 saturated heterocycles. The van der Waals surface area contributed by atoms with Crippen LogP contribution >= 0.6 is 23.1 Å². The van der Waals surface area contributed by atoms with Gasteiger partial charge in [0.1, 0.15) is 0 Å². The molecule has 0 bridgehead atoms. The molecule has 0 saturated carbocycles. The first-order chi connectivity index (χ1) is 7.13. The van der Waals surface area contributed by atoms with Gasteiger partial charge in [-0.15, -0.1) is 11.3 Å². The van der Waals surface area contributed by atoms with Gasteiger partial charge in [-0.3, -0.25) is 0 Å². The second-order valence-corrected chi connectivity index (χ2v) is 6.08. The fourth-order valence-corrected chi connectivity index (χ4v) is 2.89. The third-order valence-electron chi connectivity index (χ3n) is 2.17. The van der Waals surface area contributed by atoms with Crippen LogP contribution in [0.5, 0.6) is 0 Å². The summed E-state index contributed by atoms with van der Waals surface area (Å²) in [7, 11) is 0. The molecule has 1 heterocycles. The third-order valence-corrected chi connectivity index (χ3v) is 3.70. The van der Waals surface area contributed by atoms with E-state index in [1.807, 2.05) is 11.8 Å². The maximum Gasteiger partial charge on any atom is 0.0931 e. The van der Waals surface area contributed by atoms with E-state index < -0.39 is 0 Å². The van der Waals surface area contributed by atoms with Crippen molar-refractivity contribution in [3.63, 3.8) is 0 Å². The average molecular weight is 244 g/mol. The van der Waals surface area contributed by atoms with E-state index in [0.29, 0.717) is 5.92 Å². The second kappa shape index (κ2) is 6.51. The predicted molar refractivity (Wildman–Crippen MR) is 70.6 cm³/mol. The zero-order chi connectivity index (χ0) is 11.3. The Labute approximate surface area is 101 Å². The van der Waals surface area contributed by atoms with Crippen molar-refractivity contribution in [2.75, 3.05) is 12.0 Å². The summed E-state index contributed by atoms with van der Waals surface area (Å²) in [6, 6.07) is 0.120. The Balaban J connectivity index is 2.51. The molecule has 2 N–H and O–H groups in total. The van der Waals surface area contributed by atoms with Crippen LogP contribution < -0.4 is 5.73 Å². The van der Waals surface area contributed by atoms with Crippen molar-refractivity contribution in [2.24, 2.45) is 11.7 Å². The minimum atomic E-state index is 0.120. The summed E-state index contributed by atoms with van der Waals surface area (Å²) in [6.07, 6.45) is 4.20. The fourth-order valence-electron chi connectivity index (χ4n) is 1.33. The van der Waals surface area contributed by atoms with E-state index in [1.165, 1.54) is 5.01 Å². The molecule has 0 aromatic carbocycles. The van der Waals surface area contributed by atoms with Gasteiger partial charge in [0, 0.05) is 17.8 Å². The van der Waals surface area contributed by atoms with Crippen molar-refractivity contribution in [3.05, 3.63) is 16.1 Å². The molecular formula is C11H20N2S2. The van der Waals surface area contributed by atoms with Crippen LogP contribution in [0.25, 0.3) is 0 Å². The van der Waals surface area contributed by atoms with E-state index in [0.717, 1.165) is 24.3 Å². The monoisotopic (exact) mass is 244 g/mol. The lowest BCUT2D eigenvalue weighted by molar-refractivity contribution is 0.634. The number of nitrogens with two attached hydrogens (primary N) is 1. The first kappa shape index (κ1) is 13.0. The minimum Gasteiger partial charge on any atom is -0.323 e. The number of nitrogens with zero attached hydrogens (tertiary/aromatic N) is 1. The Morgan fingerprint density at radius 1 is 1.53 bits per heavy atom. The standard InChI is InChI=1S/C11H20N2S2/c1-8(2)6-11-13-10(7-15-11)9(12)4-5-14-3/h7-9H,4-6,12H2,1-3H3. The largest absolute Gasteiger partial charge is 0.323 e. The van der Waals surface area contributed by atoms with Gasteiger partial charge >= 0.3 is 0 Å². The Bertz CT molecular complexity index is 284. The molecule has 2 nitrogen and oxygen atoms in total. The molecule has 0 aliphatic heterocycles. The van der Waals surface area contributed by atoms with Crippen LogP contribution in [-0.4, -0.2) is 17.0 Å². The number of hydrogen-bond donors (Lipinski definition) is 1. The molecule has 0 aliphatic rings. The van der Waals surface area contributed by atoms with Crippen molar-refractivity contribution in [1.29, 1.82) is 0 Å². The summed E-state index contributed by atoms with van der Waals surface area (Å²) in [4.78, 5) is 4.59. The fraction of sp³-hybridized carbons (Fsp3) is 0.727. The summed E-state index contributed by atoms with van der Waals surface area (Å²) >= 11 is 3.58. The molecule has 1 atom stereocenters. The van der Waals surface area contributed by atoms with Crippen molar-refractivity contribution in [2.45, 2.75) is 32.7 Å². The van der Waals surface area contributed by atoms with E-state index in [9.17, 15) is 0 Å². The predicted octanol–water partition coefficient (Wildman–Crippen LogP) is 3.09. The van der Waals surface area contributed by atoms with Crippen LogP contribution in [0, 0.1) is 5.92 Å². The maximum atomic E-state index is 6.06. The maximum absolute atomic E-state index is 6.06. The van der Waals surface area contributed by atoms with Crippen LogP contribution in [0.4, 0.5) is 0 Å². The highest BCUT2D eigenvalue weighted by atomic mass is 32.2. The van der Waals surface area contributed by atoms with Crippen LogP contribution in [0.2, 0.25) is 0 Å². The molecule has 15 heavy (non-hydrogen) atoms. The van der Waals surface area contributed by atoms with Gasteiger partial charge in [0.2, 0.25) is 0 Å². The molecule has 1 unspecified atom stereocenters. The zero-order valence-corrected chi connectivity index (χ0v) is 11.3. The second-order valence-electron chi connectivity index (χ2n) is 4.15. The molecule has 0 fully saturated rings. The van der Waals surface area contributed by atoms with Gasteiger partial charge in [-0.1, -0.05) is 13.8 Å². The summed E-state index contributed by atoms with van der Waals surface area (Å²) in [5.74, 6) is 1.78. The van der Waals surface area contributed by atoms with Crippen LogP contribution in [-0.2, 0) is 6.42 Å². The van der Waals surface area contributed by atoms with E-state index in [-0.39, 0.29) is 6.04 Å². The van der Waals surface area contributed by atoms with Crippen LogP contribution in [0.3, 0.4) is 0 Å². The molecule has 86 valence electrons. The van der Waals surface area contributed by atoms with Gasteiger partial charge in [0.05, 0.1) is 10.7 Å². The van der Waals surface area contributed by atoms with E-state index in [1.54, 1.807) is 11.3 Å². The topological polar surface area (TPSA) is 38.9 Å². The Hall–Kier alpha value is -0.0600. The quantitative estimate of drug-likeness (QED) is 0.836. The van der Waals surface area contributed by atoms with Crippen molar-refractivity contribution in [1.82, 2.24) is 4.98 Å². The molecule has 4 heteroatoms. The van der Waals surface area contributed by atoms with E-state index in [2.05, 4.69) is 30.5 Å². The molecule has 0 radical (unpaired) electrons. The first-order valence-electron chi connectivity index (χ1n) is 5.32. The smallest absolute Gasteiger partial charge is 0.0931 e. The minimum absolute atomic E-state index is 0.120. The third kappa shape index (κ3) is 4.53. The molecule has 1 aromatic heterocycles. The van der Waals surface area contributed by atoms with Crippen molar-refractivity contribution >= 4 is 23.1 Å². The molecular weight excluding hydrogens is 224 g/mol. The highest BCUT2D eigenvalue weighted by Gasteiger charge is 2.10. The van der Waals surface area contributed by atoms with Gasteiger partial charge in [0.15, 0.2) is 0 Å². The number of aromatic nitrogens is 1. The Morgan fingerprint density at radius 2 is 2.27 bits per heavy atom.